The standard InChI is InChI=1S/C11H17NO2/c1-11(2,3)12(13)9-5-7-10(14-4)8-6-9/h5-8,13H,1-4H3. The average molecular weight is 195 g/mol. The Hall–Kier alpha value is -1.22. The van der Waals surface area contributed by atoms with Gasteiger partial charge in [0.05, 0.1) is 18.3 Å². The summed E-state index contributed by atoms with van der Waals surface area (Å²) >= 11 is 0. The average Bonchev–Trinajstić information content (AvgIpc) is 2.15. The Labute approximate surface area is 84.9 Å². The molecule has 78 valence electrons. The van der Waals surface area contributed by atoms with Gasteiger partial charge in [-0.3, -0.25) is 10.3 Å². The van der Waals surface area contributed by atoms with Crippen LogP contribution in [0, 0.1) is 0 Å². The molecule has 0 saturated heterocycles. The van der Waals surface area contributed by atoms with Crippen molar-refractivity contribution in [1.29, 1.82) is 0 Å². The summed E-state index contributed by atoms with van der Waals surface area (Å²) in [4.78, 5) is 0. The van der Waals surface area contributed by atoms with E-state index in [1.165, 1.54) is 5.06 Å². The first-order valence-corrected chi connectivity index (χ1v) is 4.58. The number of benzene rings is 1. The lowest BCUT2D eigenvalue weighted by Crippen LogP contribution is -2.38. The van der Waals surface area contributed by atoms with Gasteiger partial charge >= 0.3 is 0 Å². The molecule has 0 aliphatic carbocycles. The quantitative estimate of drug-likeness (QED) is 0.736. The second-order valence-corrected chi connectivity index (χ2v) is 4.18. The fourth-order valence-electron chi connectivity index (χ4n) is 1.11. The molecule has 1 rings (SSSR count). The Kier molecular flexibility index (Phi) is 3.01. The van der Waals surface area contributed by atoms with Crippen LogP contribution >= 0.6 is 0 Å². The summed E-state index contributed by atoms with van der Waals surface area (Å²) in [5.41, 5.74) is 0.465. The van der Waals surface area contributed by atoms with Gasteiger partial charge in [0.25, 0.3) is 0 Å². The van der Waals surface area contributed by atoms with E-state index in [0.29, 0.717) is 0 Å². The zero-order valence-corrected chi connectivity index (χ0v) is 9.11. The lowest BCUT2D eigenvalue weighted by Gasteiger charge is -2.31. The number of anilines is 1. The monoisotopic (exact) mass is 195 g/mol. The van der Waals surface area contributed by atoms with Gasteiger partial charge < -0.3 is 4.74 Å². The third kappa shape index (κ3) is 2.39. The van der Waals surface area contributed by atoms with E-state index in [-0.39, 0.29) is 5.54 Å². The molecule has 14 heavy (non-hydrogen) atoms. The molecule has 0 aliphatic heterocycles. The summed E-state index contributed by atoms with van der Waals surface area (Å²) in [5, 5.41) is 11.1. The molecule has 1 aromatic rings. The highest BCUT2D eigenvalue weighted by molar-refractivity contribution is 5.48. The summed E-state index contributed by atoms with van der Waals surface area (Å²) in [5.74, 6) is 0.788. The first-order valence-electron chi connectivity index (χ1n) is 4.58. The molecule has 0 bridgehead atoms. The number of rotatable bonds is 2. The zero-order valence-electron chi connectivity index (χ0n) is 9.11. The minimum Gasteiger partial charge on any atom is -0.497 e. The highest BCUT2D eigenvalue weighted by Crippen LogP contribution is 2.23. The van der Waals surface area contributed by atoms with Crippen molar-refractivity contribution < 1.29 is 9.94 Å². The molecule has 1 N–H and O–H groups in total. The maximum absolute atomic E-state index is 9.81. The third-order valence-corrected chi connectivity index (χ3v) is 1.95. The number of hydrogen-bond acceptors (Lipinski definition) is 3. The largest absolute Gasteiger partial charge is 0.497 e. The molecule has 0 heterocycles. The lowest BCUT2D eigenvalue weighted by atomic mass is 10.1. The van der Waals surface area contributed by atoms with E-state index in [2.05, 4.69) is 0 Å². The molecule has 3 nitrogen and oxygen atoms in total. The van der Waals surface area contributed by atoms with Gasteiger partial charge in [-0.15, -0.1) is 0 Å². The van der Waals surface area contributed by atoms with Crippen LogP contribution in [-0.4, -0.2) is 17.9 Å². The maximum atomic E-state index is 9.81. The molecule has 0 unspecified atom stereocenters. The summed E-state index contributed by atoms with van der Waals surface area (Å²) in [6, 6.07) is 7.29. The Morgan fingerprint density at radius 2 is 1.64 bits per heavy atom. The van der Waals surface area contributed by atoms with Crippen LogP contribution in [-0.2, 0) is 0 Å². The Morgan fingerprint density at radius 3 is 2.00 bits per heavy atom. The molecule has 0 aromatic heterocycles. The van der Waals surface area contributed by atoms with Crippen molar-refractivity contribution in [3.05, 3.63) is 24.3 Å². The number of hydroxylamine groups is 1. The van der Waals surface area contributed by atoms with Gasteiger partial charge in [-0.1, -0.05) is 0 Å². The number of nitrogens with zero attached hydrogens (tertiary/aromatic N) is 1. The summed E-state index contributed by atoms with van der Waals surface area (Å²) in [7, 11) is 1.62. The van der Waals surface area contributed by atoms with Crippen molar-refractivity contribution in [3.8, 4) is 5.75 Å². The summed E-state index contributed by atoms with van der Waals surface area (Å²) in [6.07, 6.45) is 0. The van der Waals surface area contributed by atoms with Crippen molar-refractivity contribution in [3.63, 3.8) is 0 Å². The Morgan fingerprint density at radius 1 is 1.14 bits per heavy atom. The van der Waals surface area contributed by atoms with Gasteiger partial charge in [-0.25, -0.2) is 0 Å². The van der Waals surface area contributed by atoms with Crippen LogP contribution in [0.3, 0.4) is 0 Å². The smallest absolute Gasteiger partial charge is 0.119 e. The van der Waals surface area contributed by atoms with E-state index in [9.17, 15) is 5.21 Å². The predicted octanol–water partition coefficient (Wildman–Crippen LogP) is 2.69. The van der Waals surface area contributed by atoms with Crippen molar-refractivity contribution in [1.82, 2.24) is 0 Å². The van der Waals surface area contributed by atoms with Gasteiger partial charge in [0, 0.05) is 0 Å². The Bertz CT molecular complexity index is 287. The van der Waals surface area contributed by atoms with E-state index in [0.717, 1.165) is 11.4 Å². The zero-order chi connectivity index (χ0) is 10.8. The van der Waals surface area contributed by atoms with E-state index in [1.807, 2.05) is 45.0 Å². The minimum atomic E-state index is -0.297. The van der Waals surface area contributed by atoms with E-state index < -0.39 is 0 Å². The molecule has 0 fully saturated rings. The molecule has 0 atom stereocenters. The van der Waals surface area contributed by atoms with Crippen LogP contribution in [0.5, 0.6) is 5.75 Å². The van der Waals surface area contributed by atoms with Crippen LogP contribution in [0.25, 0.3) is 0 Å². The SMILES string of the molecule is COc1ccc(N(O)C(C)(C)C)cc1. The molecule has 0 aliphatic rings. The molecule has 0 amide bonds. The normalized spacial score (nSPS) is 11.2. The minimum absolute atomic E-state index is 0.297. The van der Waals surface area contributed by atoms with Crippen LogP contribution in [0.2, 0.25) is 0 Å². The van der Waals surface area contributed by atoms with Crippen LogP contribution < -0.4 is 9.80 Å². The first-order chi connectivity index (χ1) is 6.45. The predicted molar refractivity (Wildman–Crippen MR) is 57.0 cm³/mol. The highest BCUT2D eigenvalue weighted by Gasteiger charge is 2.19. The maximum Gasteiger partial charge on any atom is 0.119 e. The first kappa shape index (κ1) is 10.9. The molecule has 3 heteroatoms. The molecule has 1 aromatic carbocycles. The molecule has 0 spiro atoms. The number of ether oxygens (including phenoxy) is 1. The van der Waals surface area contributed by atoms with Gasteiger partial charge in [0.1, 0.15) is 5.75 Å². The summed E-state index contributed by atoms with van der Waals surface area (Å²) in [6.45, 7) is 5.83. The van der Waals surface area contributed by atoms with Crippen molar-refractivity contribution in [2.45, 2.75) is 26.3 Å². The molecule has 0 saturated carbocycles. The summed E-state index contributed by atoms with van der Waals surface area (Å²) < 4.78 is 5.03. The van der Waals surface area contributed by atoms with Crippen molar-refractivity contribution in [2.75, 3.05) is 12.2 Å². The highest BCUT2D eigenvalue weighted by atomic mass is 16.5. The molecular weight excluding hydrogens is 178 g/mol. The van der Waals surface area contributed by atoms with Crippen molar-refractivity contribution in [2.24, 2.45) is 0 Å². The fraction of sp³-hybridized carbons (Fsp3) is 0.455. The third-order valence-electron chi connectivity index (χ3n) is 1.95. The lowest BCUT2D eigenvalue weighted by molar-refractivity contribution is 0.181. The fourth-order valence-corrected chi connectivity index (χ4v) is 1.11. The van der Waals surface area contributed by atoms with Crippen LogP contribution in [0.1, 0.15) is 20.8 Å². The van der Waals surface area contributed by atoms with Crippen molar-refractivity contribution >= 4 is 5.69 Å². The van der Waals surface area contributed by atoms with Crippen LogP contribution in [0.4, 0.5) is 5.69 Å². The van der Waals surface area contributed by atoms with E-state index in [4.69, 9.17) is 4.74 Å². The van der Waals surface area contributed by atoms with E-state index >= 15 is 0 Å². The van der Waals surface area contributed by atoms with E-state index in [1.54, 1.807) is 7.11 Å². The number of hydrogen-bond donors (Lipinski definition) is 1. The second kappa shape index (κ2) is 3.88. The Balaban J connectivity index is 2.87. The van der Waals surface area contributed by atoms with Gasteiger partial charge in [-0.2, -0.15) is 0 Å². The van der Waals surface area contributed by atoms with Gasteiger partial charge in [0.15, 0.2) is 0 Å². The molecular formula is C11H17NO2. The molecule has 0 radical (unpaired) electrons. The van der Waals surface area contributed by atoms with Gasteiger partial charge in [0.2, 0.25) is 0 Å². The topological polar surface area (TPSA) is 32.7 Å². The van der Waals surface area contributed by atoms with Crippen LogP contribution in [0.15, 0.2) is 24.3 Å². The second-order valence-electron chi connectivity index (χ2n) is 4.18. The number of methoxy groups -OCH3 is 1. The van der Waals surface area contributed by atoms with Gasteiger partial charge in [-0.05, 0) is 45.0 Å².